The summed E-state index contributed by atoms with van der Waals surface area (Å²) in [4.78, 5) is 0. The fourth-order valence-corrected chi connectivity index (χ4v) is 5.04. The van der Waals surface area contributed by atoms with E-state index < -0.39 is 8.80 Å². The van der Waals surface area contributed by atoms with Crippen molar-refractivity contribution < 1.29 is 13.3 Å². The zero-order valence-corrected chi connectivity index (χ0v) is 15.5. The molecule has 128 valence electrons. The molecule has 0 bridgehead atoms. The lowest BCUT2D eigenvalue weighted by Gasteiger charge is -2.29. The number of rotatable bonds is 16. The van der Waals surface area contributed by atoms with Crippen LogP contribution >= 0.6 is 0 Å². The van der Waals surface area contributed by atoms with Crippen LogP contribution in [0.3, 0.4) is 0 Å². The molecule has 0 aliphatic carbocycles. The zero-order chi connectivity index (χ0) is 15.8. The van der Waals surface area contributed by atoms with Crippen molar-refractivity contribution in [2.75, 3.05) is 26.4 Å². The third-order valence-electron chi connectivity index (χ3n) is 3.27. The van der Waals surface area contributed by atoms with E-state index in [9.17, 15) is 0 Å². The Morgan fingerprint density at radius 2 is 1.10 bits per heavy atom. The summed E-state index contributed by atoms with van der Waals surface area (Å²) >= 11 is 0. The molecule has 0 saturated carbocycles. The molecule has 0 aromatic heterocycles. The van der Waals surface area contributed by atoms with E-state index in [4.69, 9.17) is 19.0 Å². The molecule has 21 heavy (non-hydrogen) atoms. The third kappa shape index (κ3) is 11.3. The van der Waals surface area contributed by atoms with E-state index in [0.717, 1.165) is 64.5 Å². The third-order valence-corrected chi connectivity index (χ3v) is 6.16. The van der Waals surface area contributed by atoms with Gasteiger partial charge in [0, 0.05) is 25.9 Å². The van der Waals surface area contributed by atoms with Crippen LogP contribution in [0.25, 0.3) is 0 Å². The minimum atomic E-state index is -2.45. The second-order valence-corrected chi connectivity index (χ2v) is 8.27. The topological polar surface area (TPSA) is 53.7 Å². The van der Waals surface area contributed by atoms with Crippen LogP contribution in [0, 0.1) is 0 Å². The van der Waals surface area contributed by atoms with E-state index in [1.165, 1.54) is 19.3 Å². The van der Waals surface area contributed by atoms with Crippen LogP contribution < -0.4 is 5.73 Å². The Morgan fingerprint density at radius 1 is 0.667 bits per heavy atom. The lowest BCUT2D eigenvalue weighted by Crippen LogP contribution is -2.46. The summed E-state index contributed by atoms with van der Waals surface area (Å²) in [5.74, 6) is 0. The molecule has 0 fully saturated rings. The quantitative estimate of drug-likeness (QED) is 0.343. The monoisotopic (exact) mass is 319 g/mol. The molecule has 0 saturated heterocycles. The van der Waals surface area contributed by atoms with Gasteiger partial charge in [0.15, 0.2) is 0 Å². The summed E-state index contributed by atoms with van der Waals surface area (Å²) in [5.41, 5.74) is 5.52. The summed E-state index contributed by atoms with van der Waals surface area (Å²) in [6.45, 7) is 9.42. The largest absolute Gasteiger partial charge is 0.500 e. The van der Waals surface area contributed by atoms with Crippen LogP contribution in [-0.4, -0.2) is 35.2 Å². The molecular weight excluding hydrogens is 282 g/mol. The Bertz CT molecular complexity index is 196. The molecule has 0 radical (unpaired) electrons. The van der Waals surface area contributed by atoms with E-state index in [1.54, 1.807) is 0 Å². The highest BCUT2D eigenvalue weighted by atomic mass is 28.4. The molecule has 0 amide bonds. The van der Waals surface area contributed by atoms with E-state index in [0.29, 0.717) is 0 Å². The molecule has 0 aromatic rings. The zero-order valence-electron chi connectivity index (χ0n) is 14.5. The molecule has 4 nitrogen and oxygen atoms in total. The highest BCUT2D eigenvalue weighted by molar-refractivity contribution is 6.60. The van der Waals surface area contributed by atoms with Gasteiger partial charge in [0.05, 0.1) is 0 Å². The first kappa shape index (κ1) is 21.1. The van der Waals surface area contributed by atoms with Gasteiger partial charge in [-0.3, -0.25) is 0 Å². The second kappa shape index (κ2) is 15.0. The Morgan fingerprint density at radius 3 is 1.52 bits per heavy atom. The van der Waals surface area contributed by atoms with Crippen molar-refractivity contribution in [1.82, 2.24) is 0 Å². The van der Waals surface area contributed by atoms with Gasteiger partial charge in [0.1, 0.15) is 0 Å². The van der Waals surface area contributed by atoms with Gasteiger partial charge in [-0.25, -0.2) is 0 Å². The van der Waals surface area contributed by atoms with E-state index in [-0.39, 0.29) is 0 Å². The molecule has 0 aliphatic heterocycles. The maximum absolute atomic E-state index is 6.09. The van der Waals surface area contributed by atoms with Gasteiger partial charge < -0.3 is 19.0 Å². The molecule has 0 atom stereocenters. The van der Waals surface area contributed by atoms with Crippen molar-refractivity contribution in [3.05, 3.63) is 0 Å². The Hall–Kier alpha value is 0.0569. The summed E-state index contributed by atoms with van der Waals surface area (Å²) in [6.07, 6.45) is 8.99. The molecule has 0 aromatic carbocycles. The van der Waals surface area contributed by atoms with Crippen LogP contribution in [0.1, 0.15) is 72.1 Å². The van der Waals surface area contributed by atoms with Gasteiger partial charge in [0.2, 0.25) is 0 Å². The van der Waals surface area contributed by atoms with Crippen molar-refractivity contribution in [3.8, 4) is 0 Å². The summed E-state index contributed by atoms with van der Waals surface area (Å²) in [7, 11) is -2.45. The van der Waals surface area contributed by atoms with Gasteiger partial charge in [-0.05, 0) is 38.6 Å². The Kier molecular flexibility index (Phi) is 15.0. The Labute approximate surface area is 133 Å². The minimum Gasteiger partial charge on any atom is -0.373 e. The van der Waals surface area contributed by atoms with Gasteiger partial charge >= 0.3 is 8.80 Å². The van der Waals surface area contributed by atoms with Crippen LogP contribution in [0.5, 0.6) is 0 Å². The molecule has 0 rings (SSSR count). The number of hydrogen-bond donors (Lipinski definition) is 1. The van der Waals surface area contributed by atoms with Gasteiger partial charge in [0.25, 0.3) is 0 Å². The smallest absolute Gasteiger partial charge is 0.373 e. The van der Waals surface area contributed by atoms with Crippen molar-refractivity contribution in [1.29, 1.82) is 0 Å². The maximum Gasteiger partial charge on any atom is 0.500 e. The minimum absolute atomic E-state index is 0.743. The average Bonchev–Trinajstić information content (AvgIpc) is 2.51. The summed E-state index contributed by atoms with van der Waals surface area (Å²) in [6, 6.07) is 0.954. The fourth-order valence-electron chi connectivity index (χ4n) is 2.13. The van der Waals surface area contributed by atoms with Crippen molar-refractivity contribution in [3.63, 3.8) is 0 Å². The second-order valence-electron chi connectivity index (χ2n) is 5.53. The molecular formula is C16H37NO3Si. The first-order valence-corrected chi connectivity index (χ1v) is 10.8. The highest BCUT2D eigenvalue weighted by Gasteiger charge is 2.40. The normalized spacial score (nSPS) is 12.0. The summed E-state index contributed by atoms with van der Waals surface area (Å²) in [5, 5.41) is 0. The average molecular weight is 320 g/mol. The van der Waals surface area contributed by atoms with E-state index >= 15 is 0 Å². The first-order chi connectivity index (χ1) is 10.2. The SMILES string of the molecule is CCCO[Si](CCCCCCCN)(OCCC)OCCC. The van der Waals surface area contributed by atoms with E-state index in [1.807, 2.05) is 0 Å². The van der Waals surface area contributed by atoms with Gasteiger partial charge in [-0.2, -0.15) is 0 Å². The predicted octanol–water partition coefficient (Wildman–Crippen LogP) is 4.11. The van der Waals surface area contributed by atoms with Crippen LogP contribution in [0.4, 0.5) is 0 Å². The Balaban J connectivity index is 4.28. The van der Waals surface area contributed by atoms with E-state index in [2.05, 4.69) is 20.8 Å². The van der Waals surface area contributed by atoms with Crippen LogP contribution in [0.2, 0.25) is 6.04 Å². The standard InChI is InChI=1S/C16H37NO3Si/c1-4-13-18-21(19-14-5-2,20-15-6-3)16-11-9-7-8-10-12-17/h4-17H2,1-3H3. The number of hydrogen-bond acceptors (Lipinski definition) is 4. The molecule has 0 spiro atoms. The number of unbranched alkanes of at least 4 members (excludes halogenated alkanes) is 4. The van der Waals surface area contributed by atoms with Crippen molar-refractivity contribution >= 4 is 8.80 Å². The number of nitrogens with two attached hydrogens (primary N) is 1. The molecule has 5 heteroatoms. The first-order valence-electron chi connectivity index (χ1n) is 8.86. The maximum atomic E-state index is 6.09. The predicted molar refractivity (Wildman–Crippen MR) is 91.4 cm³/mol. The lowest BCUT2D eigenvalue weighted by molar-refractivity contribution is 0.0586. The molecule has 0 aliphatic rings. The van der Waals surface area contributed by atoms with Crippen molar-refractivity contribution in [2.24, 2.45) is 5.73 Å². The molecule has 2 N–H and O–H groups in total. The van der Waals surface area contributed by atoms with Gasteiger partial charge in [-0.15, -0.1) is 0 Å². The van der Waals surface area contributed by atoms with Crippen molar-refractivity contribution in [2.45, 2.75) is 78.2 Å². The molecule has 0 unspecified atom stereocenters. The van der Waals surface area contributed by atoms with Crippen LogP contribution in [0.15, 0.2) is 0 Å². The summed E-state index contributed by atoms with van der Waals surface area (Å²) < 4.78 is 18.3. The highest BCUT2D eigenvalue weighted by Crippen LogP contribution is 2.21. The van der Waals surface area contributed by atoms with Crippen LogP contribution in [-0.2, 0) is 13.3 Å². The lowest BCUT2D eigenvalue weighted by atomic mass is 10.2. The fraction of sp³-hybridized carbons (Fsp3) is 1.00. The molecule has 0 heterocycles. The van der Waals surface area contributed by atoms with Gasteiger partial charge in [-0.1, -0.05) is 40.0 Å².